The zero-order valence-electron chi connectivity index (χ0n) is 10.9. The lowest BCUT2D eigenvalue weighted by atomic mass is 10.2. The molecule has 0 aliphatic carbocycles. The Morgan fingerprint density at radius 3 is 2.78 bits per heavy atom. The average Bonchev–Trinajstić information content (AvgIpc) is 2.40. The molecule has 1 aliphatic rings. The molecule has 0 atom stereocenters. The Labute approximate surface area is 113 Å². The van der Waals surface area contributed by atoms with Crippen LogP contribution in [0.1, 0.15) is 11.1 Å². The first-order valence-corrected chi connectivity index (χ1v) is 7.21. The van der Waals surface area contributed by atoms with Gasteiger partial charge in [0.15, 0.2) is 0 Å². The topological polar surface area (TPSA) is 29.5 Å². The van der Waals surface area contributed by atoms with Crippen LogP contribution in [0.4, 0.5) is 0 Å². The molecule has 0 radical (unpaired) electrons. The number of carbonyl (C=O) groups excluding carboxylic acids is 1. The van der Waals surface area contributed by atoms with E-state index in [4.69, 9.17) is 4.74 Å². The highest BCUT2D eigenvalue weighted by Crippen LogP contribution is 2.23. The van der Waals surface area contributed by atoms with Crippen molar-refractivity contribution in [3.05, 3.63) is 29.3 Å². The van der Waals surface area contributed by atoms with Crippen LogP contribution in [-0.4, -0.2) is 42.9 Å². The van der Waals surface area contributed by atoms with Gasteiger partial charge in [0, 0.05) is 18.0 Å². The van der Waals surface area contributed by atoms with Gasteiger partial charge in [0.1, 0.15) is 0 Å². The van der Waals surface area contributed by atoms with Crippen LogP contribution in [0.25, 0.3) is 0 Å². The first-order chi connectivity index (χ1) is 8.66. The number of morpholine rings is 1. The number of nitrogens with zero attached hydrogens (tertiary/aromatic N) is 1. The third-order valence-electron chi connectivity index (χ3n) is 3.06. The van der Waals surface area contributed by atoms with Gasteiger partial charge >= 0.3 is 0 Å². The summed E-state index contributed by atoms with van der Waals surface area (Å²) in [4.78, 5) is 15.1. The Hall–Kier alpha value is -1.00. The smallest absolute Gasteiger partial charge is 0.233 e. The van der Waals surface area contributed by atoms with Gasteiger partial charge in [-0.2, -0.15) is 0 Å². The summed E-state index contributed by atoms with van der Waals surface area (Å²) in [6.45, 7) is 6.95. The lowest BCUT2D eigenvalue weighted by Crippen LogP contribution is -2.41. The predicted octanol–water partition coefficient (Wildman–Crippen LogP) is 2.25. The van der Waals surface area contributed by atoms with Gasteiger partial charge in [-0.3, -0.25) is 4.79 Å². The lowest BCUT2D eigenvalue weighted by molar-refractivity contribution is -0.132. The van der Waals surface area contributed by atoms with E-state index in [9.17, 15) is 4.79 Å². The first-order valence-electron chi connectivity index (χ1n) is 6.22. The maximum Gasteiger partial charge on any atom is 0.233 e. The number of thioether (sulfide) groups is 1. The van der Waals surface area contributed by atoms with Crippen molar-refractivity contribution in [2.75, 3.05) is 32.1 Å². The quantitative estimate of drug-likeness (QED) is 0.785. The number of benzene rings is 1. The minimum atomic E-state index is 0.212. The maximum atomic E-state index is 12.0. The van der Waals surface area contributed by atoms with Gasteiger partial charge in [-0.15, -0.1) is 11.8 Å². The van der Waals surface area contributed by atoms with Gasteiger partial charge in [-0.1, -0.05) is 17.7 Å². The van der Waals surface area contributed by atoms with E-state index in [0.29, 0.717) is 19.0 Å². The van der Waals surface area contributed by atoms with E-state index in [1.54, 1.807) is 11.8 Å². The third-order valence-corrected chi connectivity index (χ3v) is 4.20. The zero-order chi connectivity index (χ0) is 13.0. The van der Waals surface area contributed by atoms with E-state index in [-0.39, 0.29) is 5.91 Å². The Morgan fingerprint density at radius 2 is 2.06 bits per heavy atom. The van der Waals surface area contributed by atoms with Crippen LogP contribution >= 0.6 is 11.8 Å². The summed E-state index contributed by atoms with van der Waals surface area (Å²) in [6, 6.07) is 6.35. The Balaban J connectivity index is 1.90. The van der Waals surface area contributed by atoms with Crippen molar-refractivity contribution in [1.82, 2.24) is 4.90 Å². The molecular formula is C14H19NO2S. The van der Waals surface area contributed by atoms with Crippen molar-refractivity contribution < 1.29 is 9.53 Å². The molecule has 18 heavy (non-hydrogen) atoms. The lowest BCUT2D eigenvalue weighted by Gasteiger charge is -2.26. The van der Waals surface area contributed by atoms with E-state index in [0.717, 1.165) is 13.1 Å². The molecule has 1 saturated heterocycles. The van der Waals surface area contributed by atoms with Crippen molar-refractivity contribution in [2.45, 2.75) is 18.7 Å². The third kappa shape index (κ3) is 3.50. The summed E-state index contributed by atoms with van der Waals surface area (Å²) < 4.78 is 5.25. The molecule has 1 heterocycles. The second kappa shape index (κ2) is 6.25. The second-order valence-electron chi connectivity index (χ2n) is 4.55. The van der Waals surface area contributed by atoms with Crippen molar-refractivity contribution in [3.8, 4) is 0 Å². The number of rotatable bonds is 3. The molecule has 1 aromatic carbocycles. The summed E-state index contributed by atoms with van der Waals surface area (Å²) >= 11 is 1.63. The van der Waals surface area contributed by atoms with Crippen LogP contribution in [0.15, 0.2) is 23.1 Å². The Kier molecular flexibility index (Phi) is 4.66. The monoisotopic (exact) mass is 265 g/mol. The van der Waals surface area contributed by atoms with E-state index in [1.807, 2.05) is 4.90 Å². The summed E-state index contributed by atoms with van der Waals surface area (Å²) in [5, 5.41) is 0. The fourth-order valence-corrected chi connectivity index (χ4v) is 2.93. The van der Waals surface area contributed by atoms with Crippen molar-refractivity contribution >= 4 is 17.7 Å². The fourth-order valence-electron chi connectivity index (χ4n) is 1.91. The normalized spacial score (nSPS) is 15.8. The predicted molar refractivity (Wildman–Crippen MR) is 74.0 cm³/mol. The maximum absolute atomic E-state index is 12.0. The van der Waals surface area contributed by atoms with Gasteiger partial charge in [0.05, 0.1) is 19.0 Å². The molecule has 0 unspecified atom stereocenters. The minimum Gasteiger partial charge on any atom is -0.378 e. The minimum absolute atomic E-state index is 0.212. The van der Waals surface area contributed by atoms with Crippen molar-refractivity contribution in [3.63, 3.8) is 0 Å². The molecule has 1 amide bonds. The molecule has 0 saturated carbocycles. The number of aryl methyl sites for hydroxylation is 2. The highest BCUT2D eigenvalue weighted by molar-refractivity contribution is 8.00. The number of ether oxygens (including phenoxy) is 1. The molecule has 3 nitrogen and oxygen atoms in total. The molecule has 0 aromatic heterocycles. The van der Waals surface area contributed by atoms with Crippen LogP contribution in [0.5, 0.6) is 0 Å². The van der Waals surface area contributed by atoms with Gasteiger partial charge in [0.2, 0.25) is 5.91 Å². The average molecular weight is 265 g/mol. The Bertz CT molecular complexity index is 428. The van der Waals surface area contributed by atoms with E-state index >= 15 is 0 Å². The fraction of sp³-hybridized carbons (Fsp3) is 0.500. The summed E-state index contributed by atoms with van der Waals surface area (Å²) in [5.41, 5.74) is 2.47. The first kappa shape index (κ1) is 13.4. The molecule has 1 aliphatic heterocycles. The van der Waals surface area contributed by atoms with E-state index in [2.05, 4.69) is 32.0 Å². The number of hydrogen-bond acceptors (Lipinski definition) is 3. The molecule has 0 bridgehead atoms. The highest BCUT2D eigenvalue weighted by atomic mass is 32.2. The number of carbonyl (C=O) groups is 1. The van der Waals surface area contributed by atoms with Crippen LogP contribution in [-0.2, 0) is 9.53 Å². The van der Waals surface area contributed by atoms with E-state index in [1.165, 1.54) is 16.0 Å². The molecular weight excluding hydrogens is 246 g/mol. The van der Waals surface area contributed by atoms with Gasteiger partial charge < -0.3 is 9.64 Å². The van der Waals surface area contributed by atoms with Crippen LogP contribution in [0, 0.1) is 13.8 Å². The molecule has 0 N–H and O–H groups in total. The molecule has 1 fully saturated rings. The molecule has 1 aromatic rings. The van der Waals surface area contributed by atoms with Gasteiger partial charge in [-0.05, 0) is 25.5 Å². The van der Waals surface area contributed by atoms with Crippen molar-refractivity contribution in [1.29, 1.82) is 0 Å². The van der Waals surface area contributed by atoms with Crippen LogP contribution in [0.2, 0.25) is 0 Å². The highest BCUT2D eigenvalue weighted by Gasteiger charge is 2.16. The number of hydrogen-bond donors (Lipinski definition) is 0. The second-order valence-corrected chi connectivity index (χ2v) is 5.57. The molecule has 98 valence electrons. The SMILES string of the molecule is Cc1ccc(C)c(SCC(=O)N2CCOCC2)c1. The van der Waals surface area contributed by atoms with Crippen LogP contribution in [0.3, 0.4) is 0 Å². The van der Waals surface area contributed by atoms with E-state index < -0.39 is 0 Å². The zero-order valence-corrected chi connectivity index (χ0v) is 11.8. The summed E-state index contributed by atoms with van der Waals surface area (Å²) in [7, 11) is 0. The molecule has 2 rings (SSSR count). The van der Waals surface area contributed by atoms with Crippen LogP contribution < -0.4 is 0 Å². The largest absolute Gasteiger partial charge is 0.378 e. The van der Waals surface area contributed by atoms with Gasteiger partial charge in [0.25, 0.3) is 0 Å². The summed E-state index contributed by atoms with van der Waals surface area (Å²) in [5.74, 6) is 0.730. The molecule has 0 spiro atoms. The Morgan fingerprint density at radius 1 is 1.33 bits per heavy atom. The standard InChI is InChI=1S/C14H19NO2S/c1-11-3-4-12(2)13(9-11)18-10-14(16)15-5-7-17-8-6-15/h3-4,9H,5-8,10H2,1-2H3. The summed E-state index contributed by atoms with van der Waals surface area (Å²) in [6.07, 6.45) is 0. The van der Waals surface area contributed by atoms with Gasteiger partial charge in [-0.25, -0.2) is 0 Å². The van der Waals surface area contributed by atoms with Crippen molar-refractivity contribution in [2.24, 2.45) is 0 Å². The number of amides is 1. The molecule has 4 heteroatoms.